The van der Waals surface area contributed by atoms with Gasteiger partial charge in [0, 0.05) is 12.8 Å². The average Bonchev–Trinajstić information content (AvgIpc) is 3.41. The van der Waals surface area contributed by atoms with E-state index in [1.165, 1.54) is 315 Å². The number of amides is 1. The van der Waals surface area contributed by atoms with Crippen LogP contribution in [-0.4, -0.2) is 47.4 Å². The number of allylic oxidation sites excluding steroid dienone is 3. The van der Waals surface area contributed by atoms with E-state index < -0.39 is 12.1 Å². The number of hydrogen-bond donors (Lipinski definition) is 3. The lowest BCUT2D eigenvalue weighted by Gasteiger charge is -2.20. The molecule has 0 saturated carbocycles. The van der Waals surface area contributed by atoms with E-state index >= 15 is 0 Å². The molecule has 75 heavy (non-hydrogen) atoms. The maximum atomic E-state index is 12.4. The van der Waals surface area contributed by atoms with Crippen molar-refractivity contribution in [1.29, 1.82) is 0 Å². The number of carbonyl (C=O) groups excluding carboxylic acids is 2. The first-order valence-corrected chi connectivity index (χ1v) is 34.1. The molecule has 0 bridgehead atoms. The summed E-state index contributed by atoms with van der Waals surface area (Å²) in [4.78, 5) is 24.5. The molecule has 0 heterocycles. The van der Waals surface area contributed by atoms with Gasteiger partial charge < -0.3 is 20.3 Å². The van der Waals surface area contributed by atoms with Crippen LogP contribution in [0.15, 0.2) is 24.3 Å². The Morgan fingerprint density at radius 3 is 0.947 bits per heavy atom. The maximum absolute atomic E-state index is 12.4. The van der Waals surface area contributed by atoms with Crippen molar-refractivity contribution in [1.82, 2.24) is 5.32 Å². The van der Waals surface area contributed by atoms with E-state index in [4.69, 9.17) is 4.74 Å². The van der Waals surface area contributed by atoms with E-state index in [1.54, 1.807) is 6.08 Å². The van der Waals surface area contributed by atoms with E-state index in [0.29, 0.717) is 19.4 Å². The third-order valence-corrected chi connectivity index (χ3v) is 16.0. The molecule has 6 heteroatoms. The Kier molecular flexibility index (Phi) is 63.4. The Labute approximate surface area is 469 Å². The van der Waals surface area contributed by atoms with Crippen LogP contribution in [0, 0.1) is 0 Å². The van der Waals surface area contributed by atoms with Crippen molar-refractivity contribution in [2.75, 3.05) is 13.2 Å². The average molecular weight is 1060 g/mol. The lowest BCUT2D eigenvalue weighted by Crippen LogP contribution is -2.45. The molecule has 2 unspecified atom stereocenters. The molecule has 0 saturated heterocycles. The molecule has 0 radical (unpaired) electrons. The van der Waals surface area contributed by atoms with Crippen molar-refractivity contribution in [3.05, 3.63) is 24.3 Å². The largest absolute Gasteiger partial charge is 0.466 e. The molecule has 0 spiro atoms. The number of unbranched alkanes of at least 4 members (excludes halogenated alkanes) is 51. The zero-order valence-electron chi connectivity index (χ0n) is 50.8. The summed E-state index contributed by atoms with van der Waals surface area (Å²) < 4.78 is 5.51. The fourth-order valence-corrected chi connectivity index (χ4v) is 10.7. The van der Waals surface area contributed by atoms with Crippen LogP contribution in [0.4, 0.5) is 0 Å². The minimum absolute atomic E-state index is 0.0222. The molecule has 0 aromatic rings. The number of nitrogens with one attached hydrogen (secondary N) is 1. The highest BCUT2D eigenvalue weighted by molar-refractivity contribution is 5.76. The standard InChI is InChI=1S/C69H133NO5/c1-3-5-7-9-11-13-14-15-16-17-34-37-40-43-47-51-55-59-63-69(74)75-64-60-56-52-48-44-41-38-35-32-30-28-26-24-22-20-18-19-21-23-25-27-29-31-33-36-39-42-46-50-54-58-62-68(73)70-66(65-71)67(72)61-57-53-49-45-12-10-8-6-4-2/h20,22,57,61,66-67,71-72H,3-19,21,23-56,58-60,62-65H2,1-2H3,(H,70,73)/b22-20-,61-57+. The lowest BCUT2D eigenvalue weighted by molar-refractivity contribution is -0.143. The summed E-state index contributed by atoms with van der Waals surface area (Å²) in [6.45, 7) is 4.91. The van der Waals surface area contributed by atoms with Gasteiger partial charge in [0.05, 0.1) is 25.4 Å². The van der Waals surface area contributed by atoms with Crippen molar-refractivity contribution >= 4 is 11.9 Å². The Balaban J connectivity index is 3.32. The first-order valence-electron chi connectivity index (χ1n) is 34.1. The summed E-state index contributed by atoms with van der Waals surface area (Å²) in [7, 11) is 0. The van der Waals surface area contributed by atoms with E-state index in [0.717, 1.165) is 38.5 Å². The fourth-order valence-electron chi connectivity index (χ4n) is 10.7. The van der Waals surface area contributed by atoms with Gasteiger partial charge in [0.15, 0.2) is 0 Å². The molecular weight excluding hydrogens is 923 g/mol. The molecule has 0 rings (SSSR count). The molecular formula is C69H133NO5. The number of aliphatic hydroxyl groups excluding tert-OH is 2. The number of aliphatic hydroxyl groups is 2. The van der Waals surface area contributed by atoms with E-state index in [1.807, 2.05) is 6.08 Å². The van der Waals surface area contributed by atoms with Gasteiger partial charge in [-0.05, 0) is 57.8 Å². The van der Waals surface area contributed by atoms with E-state index in [9.17, 15) is 19.8 Å². The predicted octanol–water partition coefficient (Wildman–Crippen LogP) is 21.8. The first-order chi connectivity index (χ1) is 37.0. The Bertz CT molecular complexity index is 1170. The number of hydrogen-bond acceptors (Lipinski definition) is 5. The van der Waals surface area contributed by atoms with Crippen LogP contribution in [0.1, 0.15) is 380 Å². The SMILES string of the molecule is CCCCCCCCC/C=C/C(O)C(CO)NC(=O)CCCCCCCCCCCCCCCCC/C=C\CCCCCCCCCCCCCCOC(=O)CCCCCCCCCCCCCCCCCCCC. The Hall–Kier alpha value is -1.66. The second kappa shape index (κ2) is 64.9. The molecule has 0 aliphatic heterocycles. The zero-order valence-corrected chi connectivity index (χ0v) is 50.8. The third kappa shape index (κ3) is 61.4. The van der Waals surface area contributed by atoms with Crippen LogP contribution in [0.3, 0.4) is 0 Å². The molecule has 3 N–H and O–H groups in total. The summed E-state index contributed by atoms with van der Waals surface area (Å²) in [6, 6.07) is -0.624. The second-order valence-corrected chi connectivity index (χ2v) is 23.5. The van der Waals surface area contributed by atoms with Crippen LogP contribution >= 0.6 is 0 Å². The van der Waals surface area contributed by atoms with Gasteiger partial charge in [-0.1, -0.05) is 334 Å². The number of ether oxygens (including phenoxy) is 1. The number of rotatable bonds is 64. The molecule has 6 nitrogen and oxygen atoms in total. The van der Waals surface area contributed by atoms with Gasteiger partial charge in [-0.2, -0.15) is 0 Å². The van der Waals surface area contributed by atoms with Crippen molar-refractivity contribution in [3.63, 3.8) is 0 Å². The summed E-state index contributed by atoms with van der Waals surface area (Å²) in [5, 5.41) is 23.0. The molecule has 0 aliphatic carbocycles. The van der Waals surface area contributed by atoms with Gasteiger partial charge in [0.1, 0.15) is 0 Å². The van der Waals surface area contributed by atoms with Crippen LogP contribution in [0.5, 0.6) is 0 Å². The van der Waals surface area contributed by atoms with Gasteiger partial charge in [-0.15, -0.1) is 0 Å². The highest BCUT2D eigenvalue weighted by Crippen LogP contribution is 2.18. The summed E-state index contributed by atoms with van der Waals surface area (Å²) in [6.07, 6.45) is 81.3. The molecule has 0 aliphatic rings. The van der Waals surface area contributed by atoms with Crippen molar-refractivity contribution < 1.29 is 24.5 Å². The van der Waals surface area contributed by atoms with Gasteiger partial charge in [-0.25, -0.2) is 0 Å². The van der Waals surface area contributed by atoms with Crippen LogP contribution in [-0.2, 0) is 14.3 Å². The van der Waals surface area contributed by atoms with E-state index in [2.05, 4.69) is 31.3 Å². The summed E-state index contributed by atoms with van der Waals surface area (Å²) in [5.74, 6) is -0.0451. The monoisotopic (exact) mass is 1060 g/mol. The molecule has 0 aromatic heterocycles. The second-order valence-electron chi connectivity index (χ2n) is 23.5. The number of carbonyl (C=O) groups is 2. The Morgan fingerprint density at radius 2 is 0.627 bits per heavy atom. The topological polar surface area (TPSA) is 95.9 Å². The van der Waals surface area contributed by atoms with Crippen molar-refractivity contribution in [2.24, 2.45) is 0 Å². The molecule has 2 atom stereocenters. The smallest absolute Gasteiger partial charge is 0.305 e. The zero-order chi connectivity index (χ0) is 54.3. The molecule has 1 amide bonds. The van der Waals surface area contributed by atoms with Gasteiger partial charge in [-0.3, -0.25) is 9.59 Å². The van der Waals surface area contributed by atoms with Crippen molar-refractivity contribution in [2.45, 2.75) is 392 Å². The van der Waals surface area contributed by atoms with Crippen LogP contribution in [0.25, 0.3) is 0 Å². The van der Waals surface area contributed by atoms with Crippen LogP contribution in [0.2, 0.25) is 0 Å². The molecule has 0 fully saturated rings. The van der Waals surface area contributed by atoms with Crippen LogP contribution < -0.4 is 5.32 Å². The van der Waals surface area contributed by atoms with Gasteiger partial charge in [0.25, 0.3) is 0 Å². The third-order valence-electron chi connectivity index (χ3n) is 16.0. The normalized spacial score (nSPS) is 12.6. The van der Waals surface area contributed by atoms with Gasteiger partial charge in [0.2, 0.25) is 5.91 Å². The fraction of sp³-hybridized carbons (Fsp3) is 0.913. The Morgan fingerprint density at radius 1 is 0.360 bits per heavy atom. The summed E-state index contributed by atoms with van der Waals surface area (Å²) in [5.41, 5.74) is 0. The molecule has 0 aromatic carbocycles. The highest BCUT2D eigenvalue weighted by atomic mass is 16.5. The van der Waals surface area contributed by atoms with Crippen molar-refractivity contribution in [3.8, 4) is 0 Å². The van der Waals surface area contributed by atoms with Gasteiger partial charge >= 0.3 is 5.97 Å². The van der Waals surface area contributed by atoms with E-state index in [-0.39, 0.29) is 18.5 Å². The minimum atomic E-state index is -0.840. The lowest BCUT2D eigenvalue weighted by atomic mass is 10.0. The molecule has 444 valence electrons. The first kappa shape index (κ1) is 73.3. The quantitative estimate of drug-likeness (QED) is 0.0320. The highest BCUT2D eigenvalue weighted by Gasteiger charge is 2.18. The maximum Gasteiger partial charge on any atom is 0.305 e. The minimum Gasteiger partial charge on any atom is -0.466 e. The summed E-state index contributed by atoms with van der Waals surface area (Å²) >= 11 is 0. The number of esters is 1. The predicted molar refractivity (Wildman–Crippen MR) is 329 cm³/mol.